The Labute approximate surface area is 266 Å². The minimum absolute atomic E-state index is 0.0849. The first-order valence-electron chi connectivity index (χ1n) is 16.4. The molecule has 2 nitrogen and oxygen atoms in total. The van der Waals surface area contributed by atoms with E-state index in [1.165, 1.54) is 72.8 Å². The van der Waals surface area contributed by atoms with Crippen molar-refractivity contribution >= 4 is 22.7 Å². The lowest BCUT2D eigenvalue weighted by Gasteiger charge is -2.43. The summed E-state index contributed by atoms with van der Waals surface area (Å²) < 4.78 is 0. The smallest absolute Gasteiger partial charge is 0.0526 e. The first-order valence-corrected chi connectivity index (χ1v) is 16.4. The van der Waals surface area contributed by atoms with Crippen LogP contribution >= 0.6 is 0 Å². The average Bonchev–Trinajstić information content (AvgIpc) is 2.91. The fourth-order valence-corrected chi connectivity index (χ4v) is 7.19. The van der Waals surface area contributed by atoms with E-state index >= 15 is 0 Å². The van der Waals surface area contributed by atoms with Crippen molar-refractivity contribution in [2.24, 2.45) is 0 Å². The van der Waals surface area contributed by atoms with Crippen LogP contribution in [-0.4, -0.2) is 0 Å². The third kappa shape index (κ3) is 4.77. The van der Waals surface area contributed by atoms with Crippen LogP contribution in [0, 0.1) is 0 Å². The van der Waals surface area contributed by atoms with Crippen LogP contribution in [-0.2, 0) is 27.1 Å². The molecule has 2 heterocycles. The predicted octanol–water partition coefficient (Wildman–Crippen LogP) is 12.0. The molecule has 2 aliphatic heterocycles. The summed E-state index contributed by atoms with van der Waals surface area (Å²) in [7, 11) is 0. The first kappa shape index (κ1) is 30.5. The van der Waals surface area contributed by atoms with Crippen LogP contribution in [0.25, 0.3) is 11.1 Å². The Morgan fingerprint density at radius 2 is 0.795 bits per heavy atom. The molecule has 4 aromatic rings. The standard InChI is InChI=1S/C42H52N2/c1-38(2,3)26-16-14-25(15-17-26)35-36-31(41(10,11)29-22-27(39(4,5)6)18-20-33(29)43-36)24-32-37(35)44-34-21-19-28(40(7,8)9)23-30(34)42(32,12)13/h14-24,43-44H,1-13H3. The number of rotatable bonds is 1. The number of benzene rings is 4. The van der Waals surface area contributed by atoms with Gasteiger partial charge < -0.3 is 10.6 Å². The van der Waals surface area contributed by atoms with Gasteiger partial charge >= 0.3 is 0 Å². The van der Waals surface area contributed by atoms with Gasteiger partial charge in [0.1, 0.15) is 0 Å². The van der Waals surface area contributed by atoms with Gasteiger partial charge in [-0.3, -0.25) is 0 Å². The topological polar surface area (TPSA) is 24.1 Å². The van der Waals surface area contributed by atoms with Crippen molar-refractivity contribution in [3.8, 4) is 11.1 Å². The summed E-state index contributed by atoms with van der Waals surface area (Å²) in [4.78, 5) is 0. The van der Waals surface area contributed by atoms with Crippen molar-refractivity contribution in [1.82, 2.24) is 0 Å². The van der Waals surface area contributed by atoms with E-state index in [4.69, 9.17) is 0 Å². The Balaban J connectivity index is 1.64. The third-order valence-electron chi connectivity index (χ3n) is 10.4. The quantitative estimate of drug-likeness (QED) is 0.232. The molecule has 2 aliphatic rings. The lowest BCUT2D eigenvalue weighted by molar-refractivity contribution is 0.578. The summed E-state index contributed by atoms with van der Waals surface area (Å²) in [5.74, 6) is 0. The van der Waals surface area contributed by atoms with Gasteiger partial charge in [0.2, 0.25) is 0 Å². The molecular weight excluding hydrogens is 532 g/mol. The number of anilines is 4. The molecule has 0 bridgehead atoms. The second-order valence-corrected chi connectivity index (χ2v) is 17.4. The van der Waals surface area contributed by atoms with Crippen LogP contribution in [0.4, 0.5) is 22.7 Å². The van der Waals surface area contributed by atoms with E-state index in [-0.39, 0.29) is 27.1 Å². The van der Waals surface area contributed by atoms with Gasteiger partial charge in [0.05, 0.1) is 11.4 Å². The van der Waals surface area contributed by atoms with Gasteiger partial charge in [-0.1, -0.05) is 139 Å². The minimum Gasteiger partial charge on any atom is -0.354 e. The largest absolute Gasteiger partial charge is 0.354 e. The fraction of sp³-hybridized carbons (Fsp3) is 0.429. The molecule has 230 valence electrons. The highest BCUT2D eigenvalue weighted by atomic mass is 15.0. The molecule has 0 aliphatic carbocycles. The molecule has 0 unspecified atom stereocenters. The molecule has 0 atom stereocenters. The first-order chi connectivity index (χ1) is 20.2. The Morgan fingerprint density at radius 1 is 0.432 bits per heavy atom. The van der Waals surface area contributed by atoms with Crippen LogP contribution in [0.3, 0.4) is 0 Å². The molecule has 0 saturated carbocycles. The van der Waals surface area contributed by atoms with Gasteiger partial charge in [0, 0.05) is 27.8 Å². The van der Waals surface area contributed by atoms with E-state index < -0.39 is 0 Å². The molecule has 0 spiro atoms. The number of hydrogen-bond donors (Lipinski definition) is 2. The molecule has 0 aromatic heterocycles. The zero-order valence-corrected chi connectivity index (χ0v) is 29.4. The van der Waals surface area contributed by atoms with E-state index in [0.29, 0.717) is 0 Å². The normalized spacial score (nSPS) is 16.6. The average molecular weight is 585 g/mol. The molecule has 0 saturated heterocycles. The summed E-state index contributed by atoms with van der Waals surface area (Å²) in [5.41, 5.74) is 16.8. The molecule has 2 N–H and O–H groups in total. The van der Waals surface area contributed by atoms with Crippen molar-refractivity contribution < 1.29 is 0 Å². The third-order valence-corrected chi connectivity index (χ3v) is 10.4. The van der Waals surface area contributed by atoms with Gasteiger partial charge in [-0.15, -0.1) is 0 Å². The maximum absolute atomic E-state index is 3.98. The Kier molecular flexibility index (Phi) is 6.58. The molecule has 0 radical (unpaired) electrons. The molecule has 44 heavy (non-hydrogen) atoms. The minimum atomic E-state index is -0.185. The lowest BCUT2D eigenvalue weighted by atomic mass is 9.66. The highest BCUT2D eigenvalue weighted by Crippen LogP contribution is 2.57. The van der Waals surface area contributed by atoms with Gasteiger partial charge in [0.25, 0.3) is 0 Å². The van der Waals surface area contributed by atoms with Crippen LogP contribution in [0.5, 0.6) is 0 Å². The molecule has 0 fully saturated rings. The summed E-state index contributed by atoms with van der Waals surface area (Å²) in [5, 5.41) is 7.95. The Bertz CT molecular complexity index is 1680. The summed E-state index contributed by atoms with van der Waals surface area (Å²) >= 11 is 0. The lowest BCUT2D eigenvalue weighted by Crippen LogP contribution is -2.32. The summed E-state index contributed by atoms with van der Waals surface area (Å²) in [6, 6.07) is 25.9. The van der Waals surface area contributed by atoms with Crippen molar-refractivity contribution in [2.45, 2.75) is 117 Å². The van der Waals surface area contributed by atoms with E-state index in [9.17, 15) is 0 Å². The maximum Gasteiger partial charge on any atom is 0.0526 e. The van der Waals surface area contributed by atoms with E-state index in [2.05, 4.69) is 167 Å². The van der Waals surface area contributed by atoms with Crippen LogP contribution in [0.2, 0.25) is 0 Å². The van der Waals surface area contributed by atoms with Crippen molar-refractivity contribution in [3.63, 3.8) is 0 Å². The highest BCUT2D eigenvalue weighted by Gasteiger charge is 2.41. The molecule has 2 heteroatoms. The second-order valence-electron chi connectivity index (χ2n) is 17.4. The van der Waals surface area contributed by atoms with Crippen LogP contribution in [0.15, 0.2) is 66.7 Å². The van der Waals surface area contributed by atoms with Crippen molar-refractivity contribution in [3.05, 3.63) is 106 Å². The predicted molar refractivity (Wildman–Crippen MR) is 192 cm³/mol. The molecule has 0 amide bonds. The second kappa shape index (κ2) is 9.49. The number of fused-ring (bicyclic) bond motifs is 4. The summed E-state index contributed by atoms with van der Waals surface area (Å²) in [6.45, 7) is 30.3. The van der Waals surface area contributed by atoms with Gasteiger partial charge in [-0.25, -0.2) is 0 Å². The van der Waals surface area contributed by atoms with Crippen molar-refractivity contribution in [1.29, 1.82) is 0 Å². The summed E-state index contributed by atoms with van der Waals surface area (Å²) in [6.07, 6.45) is 0. The molecule has 6 rings (SSSR count). The van der Waals surface area contributed by atoms with E-state index in [1.54, 1.807) is 0 Å². The molecular formula is C42H52N2. The zero-order chi connectivity index (χ0) is 32.2. The number of nitrogens with one attached hydrogen (secondary N) is 2. The van der Waals surface area contributed by atoms with Gasteiger partial charge in [-0.05, 0) is 79.0 Å². The zero-order valence-electron chi connectivity index (χ0n) is 29.4. The van der Waals surface area contributed by atoms with Gasteiger partial charge in [0.15, 0.2) is 0 Å². The van der Waals surface area contributed by atoms with Crippen LogP contribution in [0.1, 0.15) is 129 Å². The number of hydrogen-bond acceptors (Lipinski definition) is 2. The van der Waals surface area contributed by atoms with Gasteiger partial charge in [-0.2, -0.15) is 0 Å². The monoisotopic (exact) mass is 584 g/mol. The van der Waals surface area contributed by atoms with E-state index in [1.807, 2.05) is 0 Å². The van der Waals surface area contributed by atoms with Crippen LogP contribution < -0.4 is 10.6 Å². The SMILES string of the molecule is CC(C)(C)c1ccc(-c2c3c(cc4c2Nc2ccc(C(C)(C)C)cc2C4(C)C)C(C)(C)c2cc(C(C)(C)C)ccc2N3)cc1. The fourth-order valence-electron chi connectivity index (χ4n) is 7.19. The molecule has 4 aromatic carbocycles. The highest BCUT2D eigenvalue weighted by molar-refractivity contribution is 6.00. The van der Waals surface area contributed by atoms with E-state index in [0.717, 1.165) is 0 Å². The Hall–Kier alpha value is -3.52. The Morgan fingerprint density at radius 3 is 1.16 bits per heavy atom. The van der Waals surface area contributed by atoms with Crippen molar-refractivity contribution in [2.75, 3.05) is 10.6 Å². The maximum atomic E-state index is 3.98.